The van der Waals surface area contributed by atoms with Crippen molar-refractivity contribution >= 4 is 5.78 Å². The largest absolute Gasteiger partial charge is 0.444 e. The van der Waals surface area contributed by atoms with Gasteiger partial charge in [-0.05, 0) is 36.8 Å². The van der Waals surface area contributed by atoms with Crippen molar-refractivity contribution in [1.29, 1.82) is 0 Å². The van der Waals surface area contributed by atoms with Crippen LogP contribution in [0.3, 0.4) is 0 Å². The summed E-state index contributed by atoms with van der Waals surface area (Å²) in [6.07, 6.45) is 3.27. The summed E-state index contributed by atoms with van der Waals surface area (Å²) in [4.78, 5) is 20.6. The second-order valence-electron chi connectivity index (χ2n) is 6.15. The number of aryl methyl sites for hydroxylation is 2. The Kier molecular flexibility index (Phi) is 6.65. The smallest absolute Gasteiger partial charge is 0.387 e. The highest BCUT2D eigenvalue weighted by molar-refractivity contribution is 5.95. The van der Waals surface area contributed by atoms with Gasteiger partial charge in [0.25, 0.3) is 0 Å². The van der Waals surface area contributed by atoms with Crippen molar-refractivity contribution in [3.8, 4) is 23.0 Å². The second-order valence-corrected chi connectivity index (χ2v) is 6.15. The zero-order valence-corrected chi connectivity index (χ0v) is 15.6. The molecule has 10 heteroatoms. The van der Waals surface area contributed by atoms with E-state index in [0.29, 0.717) is 11.4 Å². The number of rotatable bonds is 9. The summed E-state index contributed by atoms with van der Waals surface area (Å²) >= 11 is 0. The fraction of sp³-hybridized carbons (Fsp3) is 0.250. The number of halogens is 4. The van der Waals surface area contributed by atoms with Crippen molar-refractivity contribution in [3.05, 3.63) is 59.7 Å². The summed E-state index contributed by atoms with van der Waals surface area (Å²) in [6, 6.07) is 6.95. The number of carbonyl (C=O) groups excluding carboxylic acids is 1. The Morgan fingerprint density at radius 2 is 1.83 bits per heavy atom. The van der Waals surface area contributed by atoms with E-state index in [9.17, 15) is 22.4 Å². The van der Waals surface area contributed by atoms with E-state index >= 15 is 0 Å². The molecule has 3 aromatic rings. The lowest BCUT2D eigenvalue weighted by atomic mass is 10.1. The summed E-state index contributed by atoms with van der Waals surface area (Å²) in [7, 11) is 0. The molecule has 0 aliphatic heterocycles. The molecule has 0 unspecified atom stereocenters. The fourth-order valence-electron chi connectivity index (χ4n) is 2.71. The van der Waals surface area contributed by atoms with Crippen LogP contribution in [-0.4, -0.2) is 29.0 Å². The maximum atomic E-state index is 12.6. The SMILES string of the molecule is Cc1cccnc1C(=O)CCc1coc(-c2ccc(OC(F)F)c(OC(F)F)c2)n1. The summed E-state index contributed by atoms with van der Waals surface area (Å²) in [5.74, 6) is -1.23. The summed E-state index contributed by atoms with van der Waals surface area (Å²) in [6.45, 7) is -4.65. The molecule has 0 bridgehead atoms. The molecule has 0 saturated carbocycles. The number of carbonyl (C=O) groups is 1. The highest BCUT2D eigenvalue weighted by Gasteiger charge is 2.18. The van der Waals surface area contributed by atoms with Crippen LogP contribution in [-0.2, 0) is 6.42 Å². The fourth-order valence-corrected chi connectivity index (χ4v) is 2.71. The molecule has 0 aliphatic carbocycles. The molecule has 2 aromatic heterocycles. The number of aromatic nitrogens is 2. The van der Waals surface area contributed by atoms with Crippen LogP contribution in [0, 0.1) is 6.92 Å². The minimum absolute atomic E-state index is 0.0502. The first kappa shape index (κ1) is 21.3. The molecule has 6 nitrogen and oxygen atoms in total. The summed E-state index contributed by atoms with van der Waals surface area (Å²) in [5, 5.41) is 0. The van der Waals surface area contributed by atoms with Gasteiger partial charge in [0, 0.05) is 24.6 Å². The predicted octanol–water partition coefficient (Wildman–Crippen LogP) is 5.06. The van der Waals surface area contributed by atoms with Crippen molar-refractivity contribution in [2.45, 2.75) is 33.0 Å². The van der Waals surface area contributed by atoms with Crippen molar-refractivity contribution in [3.63, 3.8) is 0 Å². The van der Waals surface area contributed by atoms with E-state index in [1.807, 2.05) is 0 Å². The second kappa shape index (κ2) is 9.38. The first-order valence-electron chi connectivity index (χ1n) is 8.76. The van der Waals surface area contributed by atoms with Crippen LogP contribution in [0.2, 0.25) is 0 Å². The molecule has 0 atom stereocenters. The van der Waals surface area contributed by atoms with Gasteiger partial charge in [-0.1, -0.05) is 6.07 Å². The van der Waals surface area contributed by atoms with Gasteiger partial charge in [-0.15, -0.1) is 0 Å². The van der Waals surface area contributed by atoms with Crippen molar-refractivity contribution < 1.29 is 36.2 Å². The van der Waals surface area contributed by atoms with Gasteiger partial charge in [0.1, 0.15) is 12.0 Å². The highest BCUT2D eigenvalue weighted by atomic mass is 19.3. The molecule has 0 aliphatic rings. The van der Waals surface area contributed by atoms with Crippen LogP contribution in [0.25, 0.3) is 11.5 Å². The maximum absolute atomic E-state index is 12.6. The van der Waals surface area contributed by atoms with Gasteiger partial charge < -0.3 is 13.9 Å². The van der Waals surface area contributed by atoms with E-state index in [4.69, 9.17) is 4.42 Å². The van der Waals surface area contributed by atoms with E-state index in [0.717, 1.165) is 17.7 Å². The molecular weight excluding hydrogens is 408 g/mol. The number of oxazole rings is 1. The van der Waals surface area contributed by atoms with E-state index in [1.54, 1.807) is 19.1 Å². The van der Waals surface area contributed by atoms with Crippen LogP contribution in [0.15, 0.2) is 47.2 Å². The zero-order valence-electron chi connectivity index (χ0n) is 15.6. The van der Waals surface area contributed by atoms with Crippen LogP contribution in [0.4, 0.5) is 17.6 Å². The molecule has 30 heavy (non-hydrogen) atoms. The van der Waals surface area contributed by atoms with E-state index in [2.05, 4.69) is 19.4 Å². The Balaban J connectivity index is 1.73. The Labute approximate surface area is 168 Å². The van der Waals surface area contributed by atoms with Gasteiger partial charge in [-0.25, -0.2) is 4.98 Å². The molecular formula is C20H16F4N2O4. The minimum atomic E-state index is -3.23. The average Bonchev–Trinajstić information content (AvgIpc) is 3.16. The first-order valence-corrected chi connectivity index (χ1v) is 8.76. The topological polar surface area (TPSA) is 74.5 Å². The number of ketones is 1. The van der Waals surface area contributed by atoms with Crippen molar-refractivity contribution in [2.24, 2.45) is 0 Å². The molecule has 0 radical (unpaired) electrons. The summed E-state index contributed by atoms with van der Waals surface area (Å²) < 4.78 is 63.8. The molecule has 0 spiro atoms. The number of hydrogen-bond donors (Lipinski definition) is 0. The number of nitrogens with zero attached hydrogens (tertiary/aromatic N) is 2. The van der Waals surface area contributed by atoms with Gasteiger partial charge in [0.15, 0.2) is 17.3 Å². The quantitative estimate of drug-likeness (QED) is 0.353. The molecule has 0 saturated heterocycles. The van der Waals surface area contributed by atoms with Crippen LogP contribution in [0.1, 0.15) is 28.2 Å². The molecule has 1 aromatic carbocycles. The average molecular weight is 424 g/mol. The Bertz CT molecular complexity index is 1020. The standard InChI is InChI=1S/C20H16F4N2O4/c1-11-3-2-8-25-17(11)14(27)6-5-13-10-28-18(26-13)12-4-7-15(29-19(21)22)16(9-12)30-20(23)24/h2-4,7-10,19-20H,5-6H2,1H3. The summed E-state index contributed by atoms with van der Waals surface area (Å²) in [5.41, 5.74) is 1.81. The zero-order chi connectivity index (χ0) is 21.7. The predicted molar refractivity (Wildman–Crippen MR) is 96.8 cm³/mol. The number of ether oxygens (including phenoxy) is 2. The van der Waals surface area contributed by atoms with Gasteiger partial charge >= 0.3 is 13.2 Å². The number of alkyl halides is 4. The molecule has 3 rings (SSSR count). The molecule has 0 N–H and O–H groups in total. The van der Waals surface area contributed by atoms with E-state index < -0.39 is 24.7 Å². The number of Topliss-reactive ketones (excluding diaryl/α,β-unsaturated/α-hetero) is 1. The molecule has 0 amide bonds. The van der Waals surface area contributed by atoms with Crippen molar-refractivity contribution in [2.75, 3.05) is 0 Å². The first-order chi connectivity index (χ1) is 14.3. The van der Waals surface area contributed by atoms with Crippen molar-refractivity contribution in [1.82, 2.24) is 9.97 Å². The third-order valence-electron chi connectivity index (χ3n) is 4.06. The Hall–Kier alpha value is -3.43. The van der Waals surface area contributed by atoms with E-state index in [-0.39, 0.29) is 30.1 Å². The number of pyridine rings is 1. The lowest BCUT2D eigenvalue weighted by Crippen LogP contribution is -2.07. The normalized spacial score (nSPS) is 11.2. The highest BCUT2D eigenvalue weighted by Crippen LogP contribution is 2.34. The van der Waals surface area contributed by atoms with Crippen LogP contribution < -0.4 is 9.47 Å². The van der Waals surface area contributed by atoms with Gasteiger partial charge in [-0.2, -0.15) is 17.6 Å². The lowest BCUT2D eigenvalue weighted by Gasteiger charge is -2.12. The van der Waals surface area contributed by atoms with Gasteiger partial charge in [0.2, 0.25) is 5.89 Å². The number of hydrogen-bond acceptors (Lipinski definition) is 6. The van der Waals surface area contributed by atoms with Gasteiger partial charge in [0.05, 0.1) is 5.69 Å². The third kappa shape index (κ3) is 5.34. The molecule has 2 heterocycles. The molecule has 0 fully saturated rings. The monoisotopic (exact) mass is 424 g/mol. The Morgan fingerprint density at radius 1 is 1.10 bits per heavy atom. The number of benzene rings is 1. The van der Waals surface area contributed by atoms with Gasteiger partial charge in [-0.3, -0.25) is 9.78 Å². The van der Waals surface area contributed by atoms with E-state index in [1.165, 1.54) is 18.5 Å². The minimum Gasteiger partial charge on any atom is -0.444 e. The van der Waals surface area contributed by atoms with Crippen LogP contribution >= 0.6 is 0 Å². The third-order valence-corrected chi connectivity index (χ3v) is 4.06. The molecule has 158 valence electrons. The lowest BCUT2D eigenvalue weighted by molar-refractivity contribution is -0.0692. The maximum Gasteiger partial charge on any atom is 0.387 e. The van der Waals surface area contributed by atoms with Crippen LogP contribution in [0.5, 0.6) is 11.5 Å². The Morgan fingerprint density at radius 3 is 2.53 bits per heavy atom.